The molecular formula is C22H27IN6O2. The zero-order chi connectivity index (χ0) is 21.1. The fourth-order valence-corrected chi connectivity index (χ4v) is 3.70. The van der Waals surface area contributed by atoms with Crippen molar-refractivity contribution in [1.82, 2.24) is 20.0 Å². The molecule has 1 saturated heterocycles. The topological polar surface area (TPSA) is 75.0 Å². The van der Waals surface area contributed by atoms with E-state index in [2.05, 4.69) is 39.7 Å². The maximum Gasteiger partial charge on any atom is 0.246 e. The molecule has 1 amide bonds. The molecular weight excluding hydrogens is 507 g/mol. The molecule has 164 valence electrons. The molecule has 2 heterocycles. The summed E-state index contributed by atoms with van der Waals surface area (Å²) >= 11 is 0. The van der Waals surface area contributed by atoms with Gasteiger partial charge >= 0.3 is 0 Å². The van der Waals surface area contributed by atoms with Crippen molar-refractivity contribution in [2.45, 2.75) is 6.54 Å². The number of piperazine rings is 1. The Balaban J connectivity index is 0.00000272. The molecule has 31 heavy (non-hydrogen) atoms. The quantitative estimate of drug-likeness (QED) is 0.317. The molecule has 0 saturated carbocycles. The zero-order valence-corrected chi connectivity index (χ0v) is 20.2. The summed E-state index contributed by atoms with van der Waals surface area (Å²) < 4.78 is 6.99. The van der Waals surface area contributed by atoms with Crippen LogP contribution < -0.4 is 15.0 Å². The number of benzene rings is 2. The maximum absolute atomic E-state index is 12.7. The largest absolute Gasteiger partial charge is 0.497 e. The lowest BCUT2D eigenvalue weighted by molar-refractivity contribution is -0.120. The molecule has 1 N–H and O–H groups in total. The Hall–Kier alpha value is -2.82. The Morgan fingerprint density at radius 1 is 1.19 bits per heavy atom. The first kappa shape index (κ1) is 22.9. The zero-order valence-electron chi connectivity index (χ0n) is 17.9. The molecule has 0 aliphatic carbocycles. The van der Waals surface area contributed by atoms with Gasteiger partial charge in [0, 0.05) is 39.9 Å². The van der Waals surface area contributed by atoms with Crippen molar-refractivity contribution < 1.29 is 9.53 Å². The van der Waals surface area contributed by atoms with Gasteiger partial charge in [-0.25, -0.2) is 0 Å². The lowest BCUT2D eigenvalue weighted by Crippen LogP contribution is -2.55. The van der Waals surface area contributed by atoms with Crippen LogP contribution in [0.25, 0.3) is 10.8 Å². The van der Waals surface area contributed by atoms with Gasteiger partial charge in [0.25, 0.3) is 0 Å². The number of aryl methyl sites for hydroxylation is 1. The molecule has 0 atom stereocenters. The van der Waals surface area contributed by atoms with E-state index in [1.807, 2.05) is 30.3 Å². The van der Waals surface area contributed by atoms with E-state index in [9.17, 15) is 4.79 Å². The van der Waals surface area contributed by atoms with Crippen molar-refractivity contribution in [2.75, 3.05) is 38.7 Å². The predicted octanol–water partition coefficient (Wildman–Crippen LogP) is 2.62. The van der Waals surface area contributed by atoms with Crippen molar-refractivity contribution in [3.63, 3.8) is 0 Å². The van der Waals surface area contributed by atoms with Crippen LogP contribution in [0.4, 0.5) is 5.69 Å². The van der Waals surface area contributed by atoms with Gasteiger partial charge in [-0.15, -0.1) is 24.0 Å². The van der Waals surface area contributed by atoms with Crippen molar-refractivity contribution in [1.29, 1.82) is 0 Å². The monoisotopic (exact) mass is 534 g/mol. The summed E-state index contributed by atoms with van der Waals surface area (Å²) in [5, 5.41) is 9.84. The van der Waals surface area contributed by atoms with Crippen LogP contribution in [0.5, 0.6) is 5.75 Å². The molecule has 1 aliphatic rings. The van der Waals surface area contributed by atoms with Crippen LogP contribution in [0.1, 0.15) is 5.56 Å². The van der Waals surface area contributed by atoms with E-state index in [-0.39, 0.29) is 36.4 Å². The molecule has 0 bridgehead atoms. The molecule has 3 aromatic rings. The van der Waals surface area contributed by atoms with Gasteiger partial charge in [0.1, 0.15) is 12.3 Å². The number of guanidine groups is 1. The van der Waals surface area contributed by atoms with E-state index >= 15 is 0 Å². The van der Waals surface area contributed by atoms with E-state index in [0.717, 1.165) is 33.7 Å². The average Bonchev–Trinajstić information content (AvgIpc) is 3.19. The number of nitrogens with one attached hydrogen (secondary N) is 1. The lowest BCUT2D eigenvalue weighted by atomic mass is 10.1. The van der Waals surface area contributed by atoms with E-state index in [1.54, 1.807) is 29.9 Å². The van der Waals surface area contributed by atoms with Gasteiger partial charge in [0.05, 0.1) is 19.0 Å². The van der Waals surface area contributed by atoms with Crippen LogP contribution in [-0.2, 0) is 18.4 Å². The van der Waals surface area contributed by atoms with Crippen molar-refractivity contribution in [2.24, 2.45) is 12.0 Å². The summed E-state index contributed by atoms with van der Waals surface area (Å²) in [5.41, 5.74) is 1.98. The number of aromatic nitrogens is 2. The number of nitrogens with zero attached hydrogens (tertiary/aromatic N) is 5. The highest BCUT2D eigenvalue weighted by molar-refractivity contribution is 14.0. The number of aliphatic imine (C=N–C) groups is 1. The molecule has 0 spiro atoms. The summed E-state index contributed by atoms with van der Waals surface area (Å²) in [4.78, 5) is 20.8. The first-order chi connectivity index (χ1) is 14.6. The van der Waals surface area contributed by atoms with Crippen LogP contribution in [0.2, 0.25) is 0 Å². The van der Waals surface area contributed by atoms with E-state index in [1.165, 1.54) is 0 Å². The summed E-state index contributed by atoms with van der Waals surface area (Å²) in [6.07, 6.45) is 3.58. The Bertz CT molecular complexity index is 1100. The number of ether oxygens (including phenoxy) is 1. The van der Waals surface area contributed by atoms with Crippen molar-refractivity contribution in [3.05, 3.63) is 54.4 Å². The van der Waals surface area contributed by atoms with Gasteiger partial charge in [-0.2, -0.15) is 5.10 Å². The van der Waals surface area contributed by atoms with Gasteiger partial charge in [-0.05, 0) is 34.5 Å². The van der Waals surface area contributed by atoms with Crippen molar-refractivity contribution >= 4 is 52.3 Å². The Morgan fingerprint density at radius 3 is 2.65 bits per heavy atom. The Labute approximate surface area is 198 Å². The fourth-order valence-electron chi connectivity index (χ4n) is 3.70. The van der Waals surface area contributed by atoms with Crippen LogP contribution in [-0.4, -0.2) is 60.3 Å². The highest BCUT2D eigenvalue weighted by Gasteiger charge is 2.27. The first-order valence-electron chi connectivity index (χ1n) is 9.88. The third kappa shape index (κ3) is 5.09. The second kappa shape index (κ2) is 9.99. The summed E-state index contributed by atoms with van der Waals surface area (Å²) in [6, 6.07) is 12.4. The lowest BCUT2D eigenvalue weighted by Gasteiger charge is -2.35. The number of anilines is 1. The second-order valence-electron chi connectivity index (χ2n) is 7.29. The fraction of sp³-hybridized carbons (Fsp3) is 0.318. The van der Waals surface area contributed by atoms with E-state index in [0.29, 0.717) is 19.6 Å². The number of carbonyl (C=O) groups is 1. The van der Waals surface area contributed by atoms with Gasteiger partial charge < -0.3 is 19.9 Å². The number of carbonyl (C=O) groups excluding carboxylic acids is 1. The molecule has 1 aliphatic heterocycles. The summed E-state index contributed by atoms with van der Waals surface area (Å²) in [7, 11) is 5.26. The standard InChI is InChI=1S/C22H26N6O2.HI/c1-23-22(27-8-9-28(21(29)15-27)19-13-25-26(2)14-19)24-12-16-4-5-18-11-20(30-3)7-6-17(18)10-16;/h4-7,10-11,13-14H,8-9,12,15H2,1-3H3,(H,23,24);1H. The molecule has 0 radical (unpaired) electrons. The Morgan fingerprint density at radius 2 is 1.97 bits per heavy atom. The summed E-state index contributed by atoms with van der Waals surface area (Å²) in [6.45, 7) is 2.22. The number of hydrogen-bond donors (Lipinski definition) is 1. The van der Waals surface area contributed by atoms with Crippen LogP contribution in [0.15, 0.2) is 53.8 Å². The molecule has 2 aromatic carbocycles. The van der Waals surface area contributed by atoms with Crippen LogP contribution in [0.3, 0.4) is 0 Å². The molecule has 1 fully saturated rings. The molecule has 9 heteroatoms. The minimum Gasteiger partial charge on any atom is -0.497 e. The number of amides is 1. The molecule has 8 nitrogen and oxygen atoms in total. The maximum atomic E-state index is 12.7. The van der Waals surface area contributed by atoms with Gasteiger partial charge in [-0.3, -0.25) is 14.5 Å². The van der Waals surface area contributed by atoms with E-state index < -0.39 is 0 Å². The average molecular weight is 534 g/mol. The number of halogens is 1. The van der Waals surface area contributed by atoms with Gasteiger partial charge in [0.15, 0.2) is 5.96 Å². The molecule has 1 aromatic heterocycles. The number of hydrogen-bond acceptors (Lipinski definition) is 4. The molecule has 0 unspecified atom stereocenters. The summed E-state index contributed by atoms with van der Waals surface area (Å²) in [5.74, 6) is 1.62. The second-order valence-corrected chi connectivity index (χ2v) is 7.29. The number of fused-ring (bicyclic) bond motifs is 1. The van der Waals surface area contributed by atoms with Gasteiger partial charge in [0.2, 0.25) is 5.91 Å². The predicted molar refractivity (Wildman–Crippen MR) is 133 cm³/mol. The normalized spacial score (nSPS) is 14.5. The smallest absolute Gasteiger partial charge is 0.246 e. The minimum absolute atomic E-state index is 0. The number of rotatable bonds is 4. The third-order valence-corrected chi connectivity index (χ3v) is 5.30. The van der Waals surface area contributed by atoms with Crippen molar-refractivity contribution in [3.8, 4) is 5.75 Å². The molecule has 4 rings (SSSR count). The Kier molecular flexibility index (Phi) is 7.37. The SMILES string of the molecule is CN=C(NCc1ccc2cc(OC)ccc2c1)N1CCN(c2cnn(C)c2)C(=O)C1.I. The minimum atomic E-state index is 0. The third-order valence-electron chi connectivity index (χ3n) is 5.30. The first-order valence-corrected chi connectivity index (χ1v) is 9.88. The van der Waals surface area contributed by atoms with Gasteiger partial charge in [-0.1, -0.05) is 18.2 Å². The highest BCUT2D eigenvalue weighted by atomic mass is 127. The van der Waals surface area contributed by atoms with Crippen LogP contribution >= 0.6 is 24.0 Å². The highest BCUT2D eigenvalue weighted by Crippen LogP contribution is 2.22. The number of methoxy groups -OCH3 is 1. The van der Waals surface area contributed by atoms with E-state index in [4.69, 9.17) is 4.74 Å². The van der Waals surface area contributed by atoms with Crippen LogP contribution in [0, 0.1) is 0 Å².